The second-order valence-electron chi connectivity index (χ2n) is 5.09. The van der Waals surface area contributed by atoms with Crippen molar-refractivity contribution in [1.29, 1.82) is 0 Å². The van der Waals surface area contributed by atoms with Crippen molar-refractivity contribution in [2.45, 2.75) is 6.42 Å². The zero-order valence-electron chi connectivity index (χ0n) is 13.8. The quantitative estimate of drug-likeness (QED) is 0.650. The largest absolute Gasteiger partial charge is 0.493 e. The van der Waals surface area contributed by atoms with Crippen molar-refractivity contribution in [3.8, 4) is 11.5 Å². The fourth-order valence-electron chi connectivity index (χ4n) is 1.93. The number of halogens is 2. The van der Waals surface area contributed by atoms with Gasteiger partial charge in [-0.25, -0.2) is 0 Å². The van der Waals surface area contributed by atoms with Crippen LogP contribution in [0.3, 0.4) is 0 Å². The SMILES string of the molecule is COCCOc1ccc(NC(=O)CCOc2ccc(Cl)c(Cl)c2)cc1. The van der Waals surface area contributed by atoms with Crippen molar-refractivity contribution < 1.29 is 19.0 Å². The predicted octanol–water partition coefficient (Wildman–Crippen LogP) is 4.43. The summed E-state index contributed by atoms with van der Waals surface area (Å²) < 4.78 is 15.9. The highest BCUT2D eigenvalue weighted by atomic mass is 35.5. The van der Waals surface area contributed by atoms with Crippen LogP contribution >= 0.6 is 23.2 Å². The normalized spacial score (nSPS) is 10.4. The molecule has 5 nitrogen and oxygen atoms in total. The van der Waals surface area contributed by atoms with Gasteiger partial charge in [0.25, 0.3) is 0 Å². The minimum Gasteiger partial charge on any atom is -0.493 e. The molecule has 0 aliphatic rings. The Hall–Kier alpha value is -1.95. The number of nitrogens with one attached hydrogen (secondary N) is 1. The first kappa shape index (κ1) is 19.4. The molecule has 0 atom stereocenters. The Bertz CT molecular complexity index is 692. The van der Waals surface area contributed by atoms with Crippen LogP contribution in [0.25, 0.3) is 0 Å². The van der Waals surface area contributed by atoms with Gasteiger partial charge >= 0.3 is 0 Å². The van der Waals surface area contributed by atoms with Gasteiger partial charge in [-0.2, -0.15) is 0 Å². The van der Waals surface area contributed by atoms with Crippen LogP contribution in [-0.4, -0.2) is 32.8 Å². The third kappa shape index (κ3) is 6.82. The van der Waals surface area contributed by atoms with Crippen molar-refractivity contribution in [1.82, 2.24) is 0 Å². The predicted molar refractivity (Wildman–Crippen MR) is 99.0 cm³/mol. The van der Waals surface area contributed by atoms with Gasteiger partial charge in [0, 0.05) is 18.9 Å². The fourth-order valence-corrected chi connectivity index (χ4v) is 2.22. The average molecular weight is 384 g/mol. The molecule has 0 spiro atoms. The molecule has 0 unspecified atom stereocenters. The third-order valence-electron chi connectivity index (χ3n) is 3.18. The smallest absolute Gasteiger partial charge is 0.227 e. The molecular weight excluding hydrogens is 365 g/mol. The molecule has 134 valence electrons. The van der Waals surface area contributed by atoms with Crippen molar-refractivity contribution in [3.63, 3.8) is 0 Å². The Balaban J connectivity index is 1.73. The highest BCUT2D eigenvalue weighted by molar-refractivity contribution is 6.42. The number of methoxy groups -OCH3 is 1. The van der Waals surface area contributed by atoms with E-state index in [-0.39, 0.29) is 18.9 Å². The third-order valence-corrected chi connectivity index (χ3v) is 3.92. The van der Waals surface area contributed by atoms with Gasteiger partial charge in [-0.05, 0) is 36.4 Å². The van der Waals surface area contributed by atoms with Gasteiger partial charge in [-0.3, -0.25) is 4.79 Å². The lowest BCUT2D eigenvalue weighted by Crippen LogP contribution is -2.15. The lowest BCUT2D eigenvalue weighted by Gasteiger charge is -2.09. The monoisotopic (exact) mass is 383 g/mol. The van der Waals surface area contributed by atoms with Crippen LogP contribution in [0, 0.1) is 0 Å². The Morgan fingerprint density at radius 3 is 2.28 bits per heavy atom. The summed E-state index contributed by atoms with van der Waals surface area (Å²) in [5.41, 5.74) is 0.693. The zero-order chi connectivity index (χ0) is 18.1. The van der Waals surface area contributed by atoms with E-state index in [1.807, 2.05) is 0 Å². The maximum Gasteiger partial charge on any atom is 0.227 e. The summed E-state index contributed by atoms with van der Waals surface area (Å²) >= 11 is 11.7. The Morgan fingerprint density at radius 2 is 1.60 bits per heavy atom. The van der Waals surface area contributed by atoms with Gasteiger partial charge in [-0.15, -0.1) is 0 Å². The van der Waals surface area contributed by atoms with E-state index in [1.54, 1.807) is 49.6 Å². The van der Waals surface area contributed by atoms with Crippen LogP contribution in [0.4, 0.5) is 5.69 Å². The summed E-state index contributed by atoms with van der Waals surface area (Å²) in [5, 5.41) is 3.67. The van der Waals surface area contributed by atoms with Crippen LogP contribution in [0.2, 0.25) is 10.0 Å². The summed E-state index contributed by atoms with van der Waals surface area (Å²) in [7, 11) is 1.62. The second kappa shape index (κ2) is 10.1. The lowest BCUT2D eigenvalue weighted by atomic mass is 10.3. The van der Waals surface area contributed by atoms with E-state index in [0.717, 1.165) is 5.75 Å². The van der Waals surface area contributed by atoms with Crippen molar-refractivity contribution in [2.24, 2.45) is 0 Å². The molecule has 0 fully saturated rings. The molecule has 0 aliphatic carbocycles. The molecule has 0 radical (unpaired) electrons. The zero-order valence-corrected chi connectivity index (χ0v) is 15.3. The van der Waals surface area contributed by atoms with Crippen LogP contribution in [0.15, 0.2) is 42.5 Å². The molecule has 1 N–H and O–H groups in total. The summed E-state index contributed by atoms with van der Waals surface area (Å²) in [4.78, 5) is 11.9. The van der Waals surface area contributed by atoms with E-state index < -0.39 is 0 Å². The molecular formula is C18H19Cl2NO4. The Morgan fingerprint density at radius 1 is 0.920 bits per heavy atom. The number of ether oxygens (including phenoxy) is 3. The van der Waals surface area contributed by atoms with Crippen LogP contribution in [0.1, 0.15) is 6.42 Å². The minimum absolute atomic E-state index is 0.145. The van der Waals surface area contributed by atoms with Gasteiger partial charge in [0.15, 0.2) is 0 Å². The minimum atomic E-state index is -0.145. The van der Waals surface area contributed by atoms with E-state index in [2.05, 4.69) is 5.32 Å². The van der Waals surface area contributed by atoms with E-state index in [0.29, 0.717) is 34.7 Å². The standard InChI is InChI=1S/C18H19Cl2NO4/c1-23-10-11-25-14-4-2-13(3-5-14)21-18(22)8-9-24-15-6-7-16(19)17(20)12-15/h2-7,12H,8-11H2,1H3,(H,21,22). The molecule has 1 amide bonds. The first-order valence-corrected chi connectivity index (χ1v) is 8.43. The molecule has 0 saturated heterocycles. The number of amides is 1. The van der Waals surface area contributed by atoms with Gasteiger partial charge in [-0.1, -0.05) is 23.2 Å². The molecule has 25 heavy (non-hydrogen) atoms. The van der Waals surface area contributed by atoms with Crippen LogP contribution in [-0.2, 0) is 9.53 Å². The molecule has 0 saturated carbocycles. The highest BCUT2D eigenvalue weighted by Crippen LogP contribution is 2.26. The summed E-state index contributed by atoms with van der Waals surface area (Å²) in [5.74, 6) is 1.14. The highest BCUT2D eigenvalue weighted by Gasteiger charge is 2.05. The topological polar surface area (TPSA) is 56.8 Å². The van der Waals surface area contributed by atoms with E-state index in [4.69, 9.17) is 37.4 Å². The number of hydrogen-bond donors (Lipinski definition) is 1. The molecule has 7 heteroatoms. The van der Waals surface area contributed by atoms with Crippen molar-refractivity contribution >= 4 is 34.8 Å². The Kier molecular flexibility index (Phi) is 7.85. The van der Waals surface area contributed by atoms with Gasteiger partial charge in [0.05, 0.1) is 29.7 Å². The molecule has 2 rings (SSSR count). The molecule has 0 bridgehead atoms. The van der Waals surface area contributed by atoms with E-state index in [1.165, 1.54) is 0 Å². The van der Waals surface area contributed by atoms with E-state index >= 15 is 0 Å². The molecule has 0 heterocycles. The molecule has 2 aromatic rings. The second-order valence-corrected chi connectivity index (χ2v) is 5.90. The summed E-state index contributed by atoms with van der Waals surface area (Å²) in [6, 6.07) is 12.1. The van der Waals surface area contributed by atoms with Gasteiger partial charge in [0.2, 0.25) is 5.91 Å². The maximum absolute atomic E-state index is 11.9. The number of carbonyl (C=O) groups is 1. The molecule has 0 aliphatic heterocycles. The number of hydrogen-bond acceptors (Lipinski definition) is 4. The molecule has 2 aromatic carbocycles. The van der Waals surface area contributed by atoms with Crippen molar-refractivity contribution in [2.75, 3.05) is 32.2 Å². The van der Waals surface area contributed by atoms with Gasteiger partial charge < -0.3 is 19.5 Å². The number of anilines is 1. The first-order valence-electron chi connectivity index (χ1n) is 7.68. The maximum atomic E-state index is 11.9. The Labute approximate surface area is 156 Å². The number of carbonyl (C=O) groups excluding carboxylic acids is 1. The van der Waals surface area contributed by atoms with Gasteiger partial charge in [0.1, 0.15) is 18.1 Å². The lowest BCUT2D eigenvalue weighted by molar-refractivity contribution is -0.116. The number of rotatable bonds is 9. The van der Waals surface area contributed by atoms with Crippen LogP contribution in [0.5, 0.6) is 11.5 Å². The van der Waals surface area contributed by atoms with Crippen molar-refractivity contribution in [3.05, 3.63) is 52.5 Å². The average Bonchev–Trinajstić information content (AvgIpc) is 2.60. The van der Waals surface area contributed by atoms with Crippen LogP contribution < -0.4 is 14.8 Å². The summed E-state index contributed by atoms with van der Waals surface area (Å²) in [6.07, 6.45) is 0.215. The molecule has 0 aromatic heterocycles. The summed E-state index contributed by atoms with van der Waals surface area (Å²) in [6.45, 7) is 1.24. The van der Waals surface area contributed by atoms with E-state index in [9.17, 15) is 4.79 Å². The first-order chi connectivity index (χ1) is 12.1. The number of benzene rings is 2. The fraction of sp³-hybridized carbons (Fsp3) is 0.278.